The molecule has 120 valence electrons. The summed E-state index contributed by atoms with van der Waals surface area (Å²) in [6, 6.07) is 12.0. The van der Waals surface area contributed by atoms with Gasteiger partial charge in [0.1, 0.15) is 5.82 Å². The van der Waals surface area contributed by atoms with Gasteiger partial charge in [-0.2, -0.15) is 0 Å². The molecule has 0 spiro atoms. The molecule has 0 atom stereocenters. The number of carbonyl (C=O) groups excluding carboxylic acids is 1. The van der Waals surface area contributed by atoms with Crippen molar-refractivity contribution in [2.75, 3.05) is 11.4 Å². The predicted octanol–water partition coefficient (Wildman–Crippen LogP) is 3.69. The van der Waals surface area contributed by atoms with Gasteiger partial charge in [0.15, 0.2) is 0 Å². The summed E-state index contributed by atoms with van der Waals surface area (Å²) in [7, 11) is 0. The van der Waals surface area contributed by atoms with Gasteiger partial charge in [-0.25, -0.2) is 4.98 Å². The standard InChI is InChI=1S/C19H23N3O/c1-19(2,3)21-18(23)15-10-6-12-20-17(15)22-13-7-9-14-8-4-5-11-16(14)22/h4-6,8,10-12H,7,9,13H2,1-3H3,(H,21,23). The maximum atomic E-state index is 12.7. The molecule has 1 N–H and O–H groups in total. The Morgan fingerprint density at radius 1 is 1.17 bits per heavy atom. The summed E-state index contributed by atoms with van der Waals surface area (Å²) in [6.07, 6.45) is 3.89. The van der Waals surface area contributed by atoms with E-state index in [1.54, 1.807) is 6.20 Å². The van der Waals surface area contributed by atoms with Crippen LogP contribution in [0.4, 0.5) is 11.5 Å². The Balaban J connectivity index is 2.01. The molecule has 1 aromatic heterocycles. The van der Waals surface area contributed by atoms with E-state index in [0.29, 0.717) is 5.56 Å². The zero-order chi connectivity index (χ0) is 16.4. The third-order valence-electron chi connectivity index (χ3n) is 3.89. The highest BCUT2D eigenvalue weighted by Crippen LogP contribution is 2.33. The van der Waals surface area contributed by atoms with Crippen molar-refractivity contribution in [3.8, 4) is 0 Å². The molecule has 1 amide bonds. The quantitative estimate of drug-likeness (QED) is 0.920. The lowest BCUT2D eigenvalue weighted by Crippen LogP contribution is -2.41. The Hall–Kier alpha value is -2.36. The number of hydrogen-bond acceptors (Lipinski definition) is 3. The first kappa shape index (κ1) is 15.5. The maximum absolute atomic E-state index is 12.7. The number of pyridine rings is 1. The molecular formula is C19H23N3O. The largest absolute Gasteiger partial charge is 0.347 e. The lowest BCUT2D eigenvalue weighted by atomic mass is 10.0. The van der Waals surface area contributed by atoms with Gasteiger partial charge in [-0.1, -0.05) is 18.2 Å². The number of fused-ring (bicyclic) bond motifs is 1. The molecule has 0 bridgehead atoms. The third kappa shape index (κ3) is 3.36. The van der Waals surface area contributed by atoms with Crippen LogP contribution in [0.3, 0.4) is 0 Å². The molecule has 0 aliphatic carbocycles. The van der Waals surface area contributed by atoms with Gasteiger partial charge in [0.25, 0.3) is 5.91 Å². The lowest BCUT2D eigenvalue weighted by molar-refractivity contribution is 0.0920. The van der Waals surface area contributed by atoms with Crippen molar-refractivity contribution >= 4 is 17.4 Å². The number of carbonyl (C=O) groups is 1. The third-order valence-corrected chi connectivity index (χ3v) is 3.89. The Morgan fingerprint density at radius 2 is 1.96 bits per heavy atom. The summed E-state index contributed by atoms with van der Waals surface area (Å²) in [4.78, 5) is 19.3. The van der Waals surface area contributed by atoms with E-state index < -0.39 is 0 Å². The summed E-state index contributed by atoms with van der Waals surface area (Å²) in [5.74, 6) is 0.657. The van der Waals surface area contributed by atoms with E-state index in [0.717, 1.165) is 30.9 Å². The van der Waals surface area contributed by atoms with Crippen LogP contribution >= 0.6 is 0 Å². The van der Waals surface area contributed by atoms with Crippen molar-refractivity contribution in [3.05, 3.63) is 53.7 Å². The molecule has 0 radical (unpaired) electrons. The number of benzene rings is 1. The summed E-state index contributed by atoms with van der Waals surface area (Å²) < 4.78 is 0. The number of nitrogens with zero attached hydrogens (tertiary/aromatic N) is 2. The van der Waals surface area contributed by atoms with Crippen LogP contribution in [-0.4, -0.2) is 23.0 Å². The molecule has 2 heterocycles. The summed E-state index contributed by atoms with van der Waals surface area (Å²) in [5.41, 5.74) is 2.82. The van der Waals surface area contributed by atoms with Crippen molar-refractivity contribution in [1.29, 1.82) is 0 Å². The van der Waals surface area contributed by atoms with Crippen molar-refractivity contribution in [2.45, 2.75) is 39.2 Å². The van der Waals surface area contributed by atoms with Crippen molar-refractivity contribution in [2.24, 2.45) is 0 Å². The number of aromatic nitrogens is 1. The Kier molecular flexibility index (Phi) is 4.07. The molecule has 0 saturated heterocycles. The van der Waals surface area contributed by atoms with Crippen LogP contribution in [0.15, 0.2) is 42.6 Å². The summed E-state index contributed by atoms with van der Waals surface area (Å²) in [6.45, 7) is 6.83. The highest BCUT2D eigenvalue weighted by Gasteiger charge is 2.25. The molecule has 0 saturated carbocycles. The second-order valence-corrected chi connectivity index (χ2v) is 6.96. The van der Waals surface area contributed by atoms with Gasteiger partial charge in [-0.3, -0.25) is 4.79 Å². The summed E-state index contributed by atoms with van der Waals surface area (Å²) >= 11 is 0. The van der Waals surface area contributed by atoms with Crippen LogP contribution in [0, 0.1) is 0 Å². The number of rotatable bonds is 2. The van der Waals surface area contributed by atoms with Crippen molar-refractivity contribution < 1.29 is 4.79 Å². The first-order valence-electron chi connectivity index (χ1n) is 8.09. The van der Waals surface area contributed by atoms with E-state index in [1.165, 1.54) is 5.56 Å². The molecule has 0 unspecified atom stereocenters. The normalized spacial score (nSPS) is 14.3. The van der Waals surface area contributed by atoms with Gasteiger partial charge in [0.05, 0.1) is 5.56 Å². The maximum Gasteiger partial charge on any atom is 0.255 e. The molecule has 0 fully saturated rings. The van der Waals surface area contributed by atoms with Gasteiger partial charge in [0.2, 0.25) is 0 Å². The fraction of sp³-hybridized carbons (Fsp3) is 0.368. The first-order chi connectivity index (χ1) is 11.0. The average Bonchev–Trinajstić information content (AvgIpc) is 2.53. The van der Waals surface area contributed by atoms with Gasteiger partial charge in [-0.15, -0.1) is 0 Å². The van der Waals surface area contributed by atoms with Gasteiger partial charge < -0.3 is 10.2 Å². The second kappa shape index (κ2) is 6.03. The van der Waals surface area contributed by atoms with Gasteiger partial charge in [0, 0.05) is 24.0 Å². The van der Waals surface area contributed by atoms with Gasteiger partial charge in [-0.05, 0) is 57.4 Å². The number of aryl methyl sites for hydroxylation is 1. The molecular weight excluding hydrogens is 286 g/mol. The summed E-state index contributed by atoms with van der Waals surface area (Å²) in [5, 5.41) is 3.03. The van der Waals surface area contributed by atoms with Crippen LogP contribution in [0.2, 0.25) is 0 Å². The number of para-hydroxylation sites is 1. The Labute approximate surface area is 137 Å². The fourth-order valence-electron chi connectivity index (χ4n) is 2.95. The first-order valence-corrected chi connectivity index (χ1v) is 8.09. The predicted molar refractivity (Wildman–Crippen MR) is 93.2 cm³/mol. The zero-order valence-corrected chi connectivity index (χ0v) is 14.0. The van der Waals surface area contributed by atoms with E-state index in [2.05, 4.69) is 33.4 Å². The Morgan fingerprint density at radius 3 is 2.74 bits per heavy atom. The smallest absolute Gasteiger partial charge is 0.255 e. The minimum atomic E-state index is -0.274. The van der Waals surface area contributed by atoms with Crippen LogP contribution < -0.4 is 10.2 Å². The lowest BCUT2D eigenvalue weighted by Gasteiger charge is -2.32. The van der Waals surface area contributed by atoms with Gasteiger partial charge >= 0.3 is 0 Å². The van der Waals surface area contributed by atoms with E-state index in [9.17, 15) is 4.79 Å². The SMILES string of the molecule is CC(C)(C)NC(=O)c1cccnc1N1CCCc2ccccc21. The molecule has 4 nitrogen and oxygen atoms in total. The molecule has 1 aromatic carbocycles. The zero-order valence-electron chi connectivity index (χ0n) is 14.0. The molecule has 3 rings (SSSR count). The van der Waals surface area contributed by atoms with E-state index in [1.807, 2.05) is 39.0 Å². The number of nitrogens with one attached hydrogen (secondary N) is 1. The minimum Gasteiger partial charge on any atom is -0.347 e. The Bertz CT molecular complexity index is 719. The number of anilines is 2. The monoisotopic (exact) mass is 309 g/mol. The molecule has 23 heavy (non-hydrogen) atoms. The molecule has 2 aromatic rings. The average molecular weight is 309 g/mol. The molecule has 1 aliphatic heterocycles. The van der Waals surface area contributed by atoms with Crippen LogP contribution in [0.5, 0.6) is 0 Å². The van der Waals surface area contributed by atoms with E-state index in [-0.39, 0.29) is 11.4 Å². The van der Waals surface area contributed by atoms with Crippen LogP contribution in [0.25, 0.3) is 0 Å². The topological polar surface area (TPSA) is 45.2 Å². The fourth-order valence-corrected chi connectivity index (χ4v) is 2.95. The van der Waals surface area contributed by atoms with E-state index >= 15 is 0 Å². The second-order valence-electron chi connectivity index (χ2n) is 6.96. The van der Waals surface area contributed by atoms with Crippen LogP contribution in [-0.2, 0) is 6.42 Å². The van der Waals surface area contributed by atoms with E-state index in [4.69, 9.17) is 0 Å². The van der Waals surface area contributed by atoms with Crippen molar-refractivity contribution in [1.82, 2.24) is 10.3 Å². The van der Waals surface area contributed by atoms with Crippen LogP contribution in [0.1, 0.15) is 43.1 Å². The number of amides is 1. The molecule has 1 aliphatic rings. The van der Waals surface area contributed by atoms with Crippen molar-refractivity contribution in [3.63, 3.8) is 0 Å². The highest BCUT2D eigenvalue weighted by molar-refractivity contribution is 6.00. The number of hydrogen-bond donors (Lipinski definition) is 1. The minimum absolute atomic E-state index is 0.0799. The molecule has 4 heteroatoms. The highest BCUT2D eigenvalue weighted by atomic mass is 16.1.